The topological polar surface area (TPSA) is 69.0 Å². The van der Waals surface area contributed by atoms with Crippen molar-refractivity contribution in [2.45, 2.75) is 31.5 Å². The number of hydrogen-bond acceptors (Lipinski definition) is 5. The van der Waals surface area contributed by atoms with Gasteiger partial charge in [0.05, 0.1) is 18.6 Å². The van der Waals surface area contributed by atoms with E-state index < -0.39 is 0 Å². The lowest BCUT2D eigenvalue weighted by Crippen LogP contribution is -2.33. The summed E-state index contributed by atoms with van der Waals surface area (Å²) in [4.78, 5) is 11.9. The summed E-state index contributed by atoms with van der Waals surface area (Å²) in [7, 11) is 1.62. The van der Waals surface area contributed by atoms with E-state index in [4.69, 9.17) is 4.74 Å². The first-order valence-corrected chi connectivity index (χ1v) is 8.09. The number of aromatic nitrogens is 3. The van der Waals surface area contributed by atoms with Gasteiger partial charge in [0.25, 0.3) is 0 Å². The maximum atomic E-state index is 11.9. The van der Waals surface area contributed by atoms with Gasteiger partial charge in [-0.3, -0.25) is 9.36 Å². The molecule has 2 rings (SSSR count). The van der Waals surface area contributed by atoms with Crippen LogP contribution in [0.2, 0.25) is 0 Å². The third kappa shape index (κ3) is 4.00. The molecule has 0 fully saturated rings. The molecule has 1 aromatic carbocycles. The van der Waals surface area contributed by atoms with Gasteiger partial charge in [-0.2, -0.15) is 0 Å². The van der Waals surface area contributed by atoms with Crippen LogP contribution >= 0.6 is 11.8 Å². The van der Waals surface area contributed by atoms with E-state index in [2.05, 4.69) is 15.5 Å². The van der Waals surface area contributed by atoms with E-state index >= 15 is 0 Å². The van der Waals surface area contributed by atoms with E-state index in [1.807, 2.05) is 42.7 Å². The maximum Gasteiger partial charge on any atom is 0.230 e. The number of carbonyl (C=O) groups is 1. The van der Waals surface area contributed by atoms with Crippen LogP contribution in [-0.2, 0) is 4.79 Å². The average Bonchev–Trinajstić information content (AvgIpc) is 3.01. The molecule has 1 N–H and O–H groups in total. The molecule has 0 aliphatic heterocycles. The zero-order valence-electron chi connectivity index (χ0n) is 12.9. The highest BCUT2D eigenvalue weighted by Gasteiger charge is 2.13. The molecule has 1 aromatic heterocycles. The highest BCUT2D eigenvalue weighted by molar-refractivity contribution is 7.99. The number of amides is 1. The van der Waals surface area contributed by atoms with Crippen molar-refractivity contribution in [3.63, 3.8) is 0 Å². The van der Waals surface area contributed by atoms with Crippen molar-refractivity contribution in [3.05, 3.63) is 30.6 Å². The Bertz CT molecular complexity index is 630. The van der Waals surface area contributed by atoms with E-state index in [1.165, 1.54) is 11.8 Å². The SMILES string of the molecule is CC[C@H](C)NC(=O)CSc1nncn1-c1ccccc1OC. The minimum absolute atomic E-state index is 0.00562. The Morgan fingerprint density at radius 1 is 1.45 bits per heavy atom. The second kappa shape index (κ2) is 7.84. The molecule has 0 saturated carbocycles. The zero-order chi connectivity index (χ0) is 15.9. The fraction of sp³-hybridized carbons (Fsp3) is 0.400. The molecule has 0 unspecified atom stereocenters. The van der Waals surface area contributed by atoms with Crippen LogP contribution in [0.4, 0.5) is 0 Å². The molecule has 22 heavy (non-hydrogen) atoms. The molecule has 0 bridgehead atoms. The molecule has 1 atom stereocenters. The van der Waals surface area contributed by atoms with E-state index in [9.17, 15) is 4.79 Å². The van der Waals surface area contributed by atoms with E-state index in [0.717, 1.165) is 17.9 Å². The molecule has 1 amide bonds. The van der Waals surface area contributed by atoms with E-state index in [-0.39, 0.29) is 11.9 Å². The number of methoxy groups -OCH3 is 1. The summed E-state index contributed by atoms with van der Waals surface area (Å²) in [5.74, 6) is 1.03. The molecule has 0 aliphatic carbocycles. The minimum Gasteiger partial charge on any atom is -0.495 e. The van der Waals surface area contributed by atoms with Gasteiger partial charge in [-0.1, -0.05) is 30.8 Å². The number of ether oxygens (including phenoxy) is 1. The van der Waals surface area contributed by atoms with Crippen molar-refractivity contribution in [3.8, 4) is 11.4 Å². The Kier molecular flexibility index (Phi) is 5.83. The average molecular weight is 320 g/mol. The number of hydrogen-bond donors (Lipinski definition) is 1. The summed E-state index contributed by atoms with van der Waals surface area (Å²) in [6.45, 7) is 4.02. The first kappa shape index (κ1) is 16.4. The number of nitrogens with one attached hydrogen (secondary N) is 1. The first-order valence-electron chi connectivity index (χ1n) is 7.11. The quantitative estimate of drug-likeness (QED) is 0.793. The summed E-state index contributed by atoms with van der Waals surface area (Å²) >= 11 is 1.35. The minimum atomic E-state index is -0.00562. The summed E-state index contributed by atoms with van der Waals surface area (Å²) in [6.07, 6.45) is 2.53. The summed E-state index contributed by atoms with van der Waals surface area (Å²) in [5, 5.41) is 11.6. The molecular formula is C15H20N4O2S. The monoisotopic (exact) mass is 320 g/mol. The van der Waals surface area contributed by atoms with Gasteiger partial charge in [-0.05, 0) is 25.5 Å². The van der Waals surface area contributed by atoms with Crippen molar-refractivity contribution >= 4 is 17.7 Å². The van der Waals surface area contributed by atoms with Gasteiger partial charge < -0.3 is 10.1 Å². The van der Waals surface area contributed by atoms with Crippen LogP contribution in [0.1, 0.15) is 20.3 Å². The Balaban J connectivity index is 2.08. The number of para-hydroxylation sites is 2. The summed E-state index contributed by atoms with van der Waals surface area (Å²) < 4.78 is 7.17. The molecule has 0 saturated heterocycles. The molecular weight excluding hydrogens is 300 g/mol. The number of nitrogens with zero attached hydrogens (tertiary/aromatic N) is 3. The normalized spacial score (nSPS) is 12.0. The van der Waals surface area contributed by atoms with Gasteiger partial charge in [0, 0.05) is 6.04 Å². The molecule has 1 heterocycles. The second-order valence-corrected chi connectivity index (χ2v) is 5.76. The first-order chi connectivity index (χ1) is 10.7. The van der Waals surface area contributed by atoms with Crippen molar-refractivity contribution in [2.24, 2.45) is 0 Å². The number of rotatable bonds is 7. The maximum absolute atomic E-state index is 11.9. The lowest BCUT2D eigenvalue weighted by molar-refractivity contribution is -0.119. The zero-order valence-corrected chi connectivity index (χ0v) is 13.8. The van der Waals surface area contributed by atoms with Crippen LogP contribution in [0.25, 0.3) is 5.69 Å². The Morgan fingerprint density at radius 2 is 2.23 bits per heavy atom. The highest BCUT2D eigenvalue weighted by atomic mass is 32.2. The molecule has 6 nitrogen and oxygen atoms in total. The Hall–Kier alpha value is -2.02. The second-order valence-electron chi connectivity index (χ2n) is 4.82. The third-order valence-electron chi connectivity index (χ3n) is 3.21. The van der Waals surface area contributed by atoms with Crippen LogP contribution in [0.5, 0.6) is 5.75 Å². The van der Waals surface area contributed by atoms with Gasteiger partial charge in [-0.25, -0.2) is 0 Å². The van der Waals surface area contributed by atoms with Crippen LogP contribution in [0, 0.1) is 0 Å². The van der Waals surface area contributed by atoms with E-state index in [1.54, 1.807) is 13.4 Å². The highest BCUT2D eigenvalue weighted by Crippen LogP contribution is 2.26. The van der Waals surface area contributed by atoms with Crippen molar-refractivity contribution in [1.29, 1.82) is 0 Å². The smallest absolute Gasteiger partial charge is 0.230 e. The van der Waals surface area contributed by atoms with Gasteiger partial charge in [0.15, 0.2) is 5.16 Å². The largest absolute Gasteiger partial charge is 0.495 e. The van der Waals surface area contributed by atoms with Crippen LogP contribution in [0.15, 0.2) is 35.7 Å². The van der Waals surface area contributed by atoms with Crippen LogP contribution < -0.4 is 10.1 Å². The van der Waals surface area contributed by atoms with Crippen LogP contribution in [0.3, 0.4) is 0 Å². The lowest BCUT2D eigenvalue weighted by Gasteiger charge is -2.12. The summed E-state index contributed by atoms with van der Waals surface area (Å²) in [6, 6.07) is 7.80. The standard InChI is InChI=1S/C15H20N4O2S/c1-4-11(2)17-14(20)9-22-15-18-16-10-19(15)12-7-5-6-8-13(12)21-3/h5-8,10-11H,4,9H2,1-3H3,(H,17,20)/t11-/m0/s1. The molecule has 0 aliphatic rings. The number of benzene rings is 1. The number of thioether (sulfide) groups is 1. The predicted molar refractivity (Wildman–Crippen MR) is 86.5 cm³/mol. The summed E-state index contributed by atoms with van der Waals surface area (Å²) in [5.41, 5.74) is 0.847. The van der Waals surface area contributed by atoms with Gasteiger partial charge in [0.1, 0.15) is 12.1 Å². The van der Waals surface area contributed by atoms with Crippen molar-refractivity contribution in [1.82, 2.24) is 20.1 Å². The Labute approximate surface area is 134 Å². The fourth-order valence-corrected chi connectivity index (χ4v) is 2.60. The molecule has 2 aromatic rings. The molecule has 7 heteroatoms. The lowest BCUT2D eigenvalue weighted by atomic mass is 10.3. The van der Waals surface area contributed by atoms with Crippen molar-refractivity contribution in [2.75, 3.05) is 12.9 Å². The molecule has 0 radical (unpaired) electrons. The van der Waals surface area contributed by atoms with E-state index in [0.29, 0.717) is 10.9 Å². The van der Waals surface area contributed by atoms with Gasteiger partial charge >= 0.3 is 0 Å². The molecule has 118 valence electrons. The van der Waals surface area contributed by atoms with Crippen molar-refractivity contribution < 1.29 is 9.53 Å². The predicted octanol–water partition coefficient (Wildman–Crippen LogP) is 2.28. The van der Waals surface area contributed by atoms with Crippen LogP contribution in [-0.4, -0.2) is 39.6 Å². The van der Waals surface area contributed by atoms with Gasteiger partial charge in [0.2, 0.25) is 5.91 Å². The Morgan fingerprint density at radius 3 is 2.95 bits per heavy atom. The molecule has 0 spiro atoms. The van der Waals surface area contributed by atoms with Gasteiger partial charge in [-0.15, -0.1) is 10.2 Å². The third-order valence-corrected chi connectivity index (χ3v) is 4.16. The fourth-order valence-electron chi connectivity index (χ4n) is 1.87. The number of carbonyl (C=O) groups excluding carboxylic acids is 1.